The number of carbonyl (C=O) groups is 1. The van der Waals surface area contributed by atoms with Crippen LogP contribution in [0.3, 0.4) is 0 Å². The Kier molecular flexibility index (Phi) is 2.52. The number of carbonyl (C=O) groups excluding carboxylic acids is 1. The van der Waals surface area contributed by atoms with Gasteiger partial charge in [-0.05, 0) is 12.8 Å². The number of fused-ring (bicyclic) bond motifs is 1. The first-order valence-electron chi connectivity index (χ1n) is 5.80. The Bertz CT molecular complexity index is 519. The number of rotatable bonds is 2. The summed E-state index contributed by atoms with van der Waals surface area (Å²) in [6, 6.07) is 0. The fourth-order valence-corrected chi connectivity index (χ4v) is 3.09. The number of hydrogen-bond donors (Lipinski definition) is 1. The van der Waals surface area contributed by atoms with Gasteiger partial charge < -0.3 is 5.11 Å². The number of Topliss-reactive ketones (excluding diaryl/α,β-unsaturated/α-hetero) is 1. The van der Waals surface area contributed by atoms with Crippen LogP contribution in [0, 0.1) is 0 Å². The van der Waals surface area contributed by atoms with Gasteiger partial charge in [0.1, 0.15) is 5.78 Å². The van der Waals surface area contributed by atoms with E-state index in [2.05, 4.69) is 4.98 Å². The van der Waals surface area contributed by atoms with E-state index in [4.69, 9.17) is 0 Å². The summed E-state index contributed by atoms with van der Waals surface area (Å²) in [6.45, 7) is 0. The molecule has 4 nitrogen and oxygen atoms in total. The van der Waals surface area contributed by atoms with E-state index in [1.165, 1.54) is 0 Å². The molecule has 0 amide bonds. The van der Waals surface area contributed by atoms with Crippen molar-refractivity contribution < 1.29 is 9.90 Å². The molecule has 0 aromatic carbocycles. The Morgan fingerprint density at radius 1 is 1.47 bits per heavy atom. The van der Waals surface area contributed by atoms with Crippen LogP contribution in [0.1, 0.15) is 31.4 Å². The van der Waals surface area contributed by atoms with Gasteiger partial charge in [-0.25, -0.2) is 4.98 Å². The summed E-state index contributed by atoms with van der Waals surface area (Å²) in [5, 5.41) is 12.4. The van der Waals surface area contributed by atoms with Crippen LogP contribution in [-0.2, 0) is 11.2 Å². The number of thiazole rings is 1. The van der Waals surface area contributed by atoms with Crippen LogP contribution in [0.15, 0.2) is 17.8 Å². The summed E-state index contributed by atoms with van der Waals surface area (Å²) in [7, 11) is 0. The molecule has 0 saturated heterocycles. The van der Waals surface area contributed by atoms with Crippen molar-refractivity contribution in [3.8, 4) is 0 Å². The Labute approximate surface area is 103 Å². The molecule has 1 fully saturated rings. The molecular formula is C12H14N2O2S. The van der Waals surface area contributed by atoms with E-state index < -0.39 is 5.60 Å². The molecule has 0 aliphatic heterocycles. The minimum Gasteiger partial charge on any atom is -0.389 e. The lowest BCUT2D eigenvalue weighted by Crippen LogP contribution is -2.36. The van der Waals surface area contributed by atoms with Crippen LogP contribution < -0.4 is 0 Å². The largest absolute Gasteiger partial charge is 0.389 e. The predicted octanol–water partition coefficient (Wildman–Crippen LogP) is 1.81. The third kappa shape index (κ3) is 2.12. The van der Waals surface area contributed by atoms with Crippen LogP contribution in [0.2, 0.25) is 0 Å². The zero-order valence-corrected chi connectivity index (χ0v) is 10.2. The monoisotopic (exact) mass is 250 g/mol. The lowest BCUT2D eigenvalue weighted by Gasteiger charge is -2.30. The number of ketones is 1. The summed E-state index contributed by atoms with van der Waals surface area (Å²) in [6.07, 6.45) is 6.60. The van der Waals surface area contributed by atoms with E-state index in [0.29, 0.717) is 32.1 Å². The lowest BCUT2D eigenvalue weighted by molar-refractivity contribution is -0.125. The van der Waals surface area contributed by atoms with Crippen molar-refractivity contribution in [2.45, 2.75) is 37.7 Å². The summed E-state index contributed by atoms with van der Waals surface area (Å²) in [5.41, 5.74) is 0.173. The summed E-state index contributed by atoms with van der Waals surface area (Å²) in [4.78, 5) is 16.6. The molecule has 0 spiro atoms. The number of aliphatic hydroxyl groups is 1. The summed E-state index contributed by atoms with van der Waals surface area (Å²) < 4.78 is 1.97. The average Bonchev–Trinajstić information content (AvgIpc) is 2.83. The number of hydrogen-bond acceptors (Lipinski definition) is 4. The zero-order valence-electron chi connectivity index (χ0n) is 9.43. The van der Waals surface area contributed by atoms with Gasteiger partial charge >= 0.3 is 0 Å². The van der Waals surface area contributed by atoms with E-state index in [9.17, 15) is 9.90 Å². The summed E-state index contributed by atoms with van der Waals surface area (Å²) >= 11 is 1.59. The number of imidazole rings is 1. The summed E-state index contributed by atoms with van der Waals surface area (Å²) in [5.74, 6) is 0.264. The van der Waals surface area contributed by atoms with E-state index in [1.807, 2.05) is 22.2 Å². The average molecular weight is 250 g/mol. The molecule has 2 heterocycles. The molecule has 1 aliphatic rings. The third-order valence-corrected chi connectivity index (χ3v) is 4.16. The maximum absolute atomic E-state index is 11.2. The van der Waals surface area contributed by atoms with Crippen LogP contribution in [-0.4, -0.2) is 25.9 Å². The molecule has 90 valence electrons. The van der Waals surface area contributed by atoms with E-state index in [0.717, 1.165) is 10.7 Å². The molecule has 2 aromatic rings. The molecule has 0 bridgehead atoms. The van der Waals surface area contributed by atoms with E-state index in [1.54, 1.807) is 11.3 Å². The van der Waals surface area contributed by atoms with Crippen molar-refractivity contribution in [1.82, 2.24) is 9.38 Å². The Morgan fingerprint density at radius 2 is 2.24 bits per heavy atom. The van der Waals surface area contributed by atoms with Crippen LogP contribution in [0.5, 0.6) is 0 Å². The van der Waals surface area contributed by atoms with Crippen molar-refractivity contribution in [2.75, 3.05) is 0 Å². The number of aromatic nitrogens is 2. The van der Waals surface area contributed by atoms with Crippen molar-refractivity contribution in [2.24, 2.45) is 0 Å². The van der Waals surface area contributed by atoms with Gasteiger partial charge in [0, 0.05) is 37.0 Å². The van der Waals surface area contributed by atoms with Crippen LogP contribution >= 0.6 is 11.3 Å². The highest BCUT2D eigenvalue weighted by Crippen LogP contribution is 2.29. The van der Waals surface area contributed by atoms with Gasteiger partial charge in [-0.3, -0.25) is 9.20 Å². The molecule has 0 atom stereocenters. The highest BCUT2D eigenvalue weighted by Gasteiger charge is 2.33. The first-order chi connectivity index (χ1) is 8.15. The third-order valence-electron chi connectivity index (χ3n) is 3.39. The Morgan fingerprint density at radius 3 is 2.94 bits per heavy atom. The van der Waals surface area contributed by atoms with Gasteiger partial charge in [-0.2, -0.15) is 0 Å². The quantitative estimate of drug-likeness (QED) is 0.884. The fourth-order valence-electron chi connectivity index (χ4n) is 2.37. The van der Waals surface area contributed by atoms with E-state index >= 15 is 0 Å². The van der Waals surface area contributed by atoms with Crippen LogP contribution in [0.4, 0.5) is 0 Å². The molecule has 2 aromatic heterocycles. The van der Waals surface area contributed by atoms with Gasteiger partial charge in [-0.15, -0.1) is 11.3 Å². The molecule has 1 N–H and O–H groups in total. The molecule has 3 rings (SSSR count). The van der Waals surface area contributed by atoms with Crippen molar-refractivity contribution in [3.05, 3.63) is 23.5 Å². The van der Waals surface area contributed by atoms with Crippen LogP contribution in [0.25, 0.3) is 4.96 Å². The minimum atomic E-state index is -0.738. The smallest absolute Gasteiger partial charge is 0.193 e. The maximum atomic E-state index is 11.2. The first-order valence-corrected chi connectivity index (χ1v) is 6.68. The second-order valence-electron chi connectivity index (χ2n) is 4.76. The van der Waals surface area contributed by atoms with Crippen molar-refractivity contribution in [3.63, 3.8) is 0 Å². The topological polar surface area (TPSA) is 54.6 Å². The zero-order chi connectivity index (χ0) is 11.9. The standard InChI is InChI=1S/C12H14N2O2S/c15-10-1-3-12(16,4-2-10)7-9-8-14-5-6-17-11(14)13-9/h5-6,8,16H,1-4,7H2. The minimum absolute atomic E-state index is 0.264. The number of nitrogens with zero attached hydrogens (tertiary/aromatic N) is 2. The van der Waals surface area contributed by atoms with E-state index in [-0.39, 0.29) is 5.78 Å². The van der Waals surface area contributed by atoms with Gasteiger partial charge in [0.15, 0.2) is 4.96 Å². The van der Waals surface area contributed by atoms with Crippen molar-refractivity contribution >= 4 is 22.1 Å². The predicted molar refractivity (Wildman–Crippen MR) is 65.2 cm³/mol. The lowest BCUT2D eigenvalue weighted by atomic mass is 9.81. The molecule has 0 unspecified atom stereocenters. The Balaban J connectivity index is 1.78. The van der Waals surface area contributed by atoms with Gasteiger partial charge in [0.25, 0.3) is 0 Å². The molecule has 1 aliphatic carbocycles. The SMILES string of the molecule is O=C1CCC(O)(Cc2cn3ccsc3n2)CC1. The molecule has 5 heteroatoms. The maximum Gasteiger partial charge on any atom is 0.193 e. The Hall–Kier alpha value is -1.20. The van der Waals surface area contributed by atoms with Gasteiger partial charge in [0.05, 0.1) is 11.3 Å². The highest BCUT2D eigenvalue weighted by atomic mass is 32.1. The molecular weight excluding hydrogens is 236 g/mol. The molecule has 0 radical (unpaired) electrons. The highest BCUT2D eigenvalue weighted by molar-refractivity contribution is 7.15. The normalized spacial score (nSPS) is 19.9. The van der Waals surface area contributed by atoms with Gasteiger partial charge in [-0.1, -0.05) is 0 Å². The second kappa shape index (κ2) is 3.92. The molecule has 17 heavy (non-hydrogen) atoms. The second-order valence-corrected chi connectivity index (χ2v) is 5.64. The first kappa shape index (κ1) is 10.9. The fraction of sp³-hybridized carbons (Fsp3) is 0.500. The van der Waals surface area contributed by atoms with Crippen molar-refractivity contribution in [1.29, 1.82) is 0 Å². The molecule has 1 saturated carbocycles. The van der Waals surface area contributed by atoms with Gasteiger partial charge in [0.2, 0.25) is 0 Å².